The van der Waals surface area contributed by atoms with Gasteiger partial charge in [0.2, 0.25) is 0 Å². The van der Waals surface area contributed by atoms with Gasteiger partial charge in [0.15, 0.2) is 0 Å². The van der Waals surface area contributed by atoms with Crippen molar-refractivity contribution >= 4 is 22.3 Å². The summed E-state index contributed by atoms with van der Waals surface area (Å²) in [6.45, 7) is 10.0. The number of nitrogens with zero attached hydrogens (tertiary/aromatic N) is 1. The highest BCUT2D eigenvalue weighted by Crippen LogP contribution is 2.39. The van der Waals surface area contributed by atoms with Gasteiger partial charge in [0.05, 0.1) is 11.0 Å². The zero-order chi connectivity index (χ0) is 17.3. The maximum Gasteiger partial charge on any atom is 0.138 e. The Bertz CT molecular complexity index is 924. The van der Waals surface area contributed by atoms with Crippen LogP contribution in [-0.2, 0) is 0 Å². The molecule has 0 spiro atoms. The van der Waals surface area contributed by atoms with Crippen LogP contribution in [0.4, 0.5) is 11.4 Å². The van der Waals surface area contributed by atoms with E-state index in [-0.39, 0.29) is 0 Å². The quantitative estimate of drug-likeness (QED) is 0.693. The van der Waals surface area contributed by atoms with E-state index in [2.05, 4.69) is 54.6 Å². The van der Waals surface area contributed by atoms with Crippen LogP contribution in [0.3, 0.4) is 0 Å². The van der Waals surface area contributed by atoms with Gasteiger partial charge in [-0.05, 0) is 51.0 Å². The molecule has 2 aliphatic rings. The molecule has 24 heavy (non-hydrogen) atoms. The number of aryl methyl sites for hydroxylation is 2. The minimum absolute atomic E-state index is 0.766. The van der Waals surface area contributed by atoms with Gasteiger partial charge >= 0.3 is 0 Å². The van der Waals surface area contributed by atoms with Gasteiger partial charge in [-0.2, -0.15) is 0 Å². The summed E-state index contributed by atoms with van der Waals surface area (Å²) in [4.78, 5) is 4.56. The molecule has 0 radical (unpaired) electrons. The third kappa shape index (κ3) is 2.73. The molecule has 4 nitrogen and oxygen atoms in total. The average molecular weight is 323 g/mol. The number of benzene rings is 2. The Kier molecular flexibility index (Phi) is 4.47. The summed E-state index contributed by atoms with van der Waals surface area (Å²) in [6, 6.07) is 8.47. The molecule has 0 bridgehead atoms. The average Bonchev–Trinajstić information content (AvgIpc) is 2.55. The molecule has 1 heterocycles. The van der Waals surface area contributed by atoms with Crippen molar-refractivity contribution in [2.24, 2.45) is 4.99 Å². The largest absolute Gasteiger partial charge is 0.456 e. The minimum Gasteiger partial charge on any atom is -0.456 e. The maximum atomic E-state index is 6.23. The lowest BCUT2D eigenvalue weighted by atomic mass is 10.0. The second-order valence-corrected chi connectivity index (χ2v) is 6.03. The molecule has 126 valence electrons. The first-order valence-electron chi connectivity index (χ1n) is 8.53. The van der Waals surface area contributed by atoms with E-state index in [4.69, 9.17) is 4.42 Å². The zero-order valence-electron chi connectivity index (χ0n) is 15.1. The Balaban J connectivity index is 2.39. The standard InChI is InChI=1S/C20H25N3O/c1-6-22-16-10-18-14(8-12(16)3)20(21-5)15-9-13(4)17(23-7-2)11-19(15)24-18/h8-11,21-22H,6-7H2,1-5H3/b23-17-. The van der Waals surface area contributed by atoms with E-state index in [1.807, 2.05) is 20.0 Å². The smallest absolute Gasteiger partial charge is 0.138 e. The molecule has 1 aromatic rings. The molecule has 0 aromatic heterocycles. The van der Waals surface area contributed by atoms with Crippen LogP contribution in [0, 0.1) is 13.8 Å². The van der Waals surface area contributed by atoms with Crippen molar-refractivity contribution in [3.8, 4) is 11.3 Å². The van der Waals surface area contributed by atoms with Crippen molar-refractivity contribution < 1.29 is 4.42 Å². The van der Waals surface area contributed by atoms with Gasteiger partial charge in [0, 0.05) is 48.9 Å². The molecule has 1 aromatic carbocycles. The van der Waals surface area contributed by atoms with Crippen LogP contribution in [0.2, 0.25) is 0 Å². The summed E-state index contributed by atoms with van der Waals surface area (Å²) in [6.07, 6.45) is 0. The molecule has 0 atom stereocenters. The fraction of sp³-hybridized carbons (Fsp3) is 0.350. The van der Waals surface area contributed by atoms with Gasteiger partial charge in [0.25, 0.3) is 0 Å². The van der Waals surface area contributed by atoms with E-state index < -0.39 is 0 Å². The van der Waals surface area contributed by atoms with Crippen molar-refractivity contribution in [1.82, 2.24) is 0 Å². The van der Waals surface area contributed by atoms with E-state index in [0.717, 1.165) is 57.7 Å². The second-order valence-electron chi connectivity index (χ2n) is 6.03. The molecule has 0 saturated heterocycles. The first-order chi connectivity index (χ1) is 11.6. The number of hydrogen-bond donors (Lipinski definition) is 2. The highest BCUT2D eigenvalue weighted by atomic mass is 16.3. The first kappa shape index (κ1) is 16.4. The fourth-order valence-corrected chi connectivity index (χ4v) is 3.18. The van der Waals surface area contributed by atoms with Gasteiger partial charge in [-0.1, -0.05) is 0 Å². The lowest BCUT2D eigenvalue weighted by Gasteiger charge is -2.17. The van der Waals surface area contributed by atoms with Crippen molar-refractivity contribution in [3.63, 3.8) is 0 Å². The summed E-state index contributed by atoms with van der Waals surface area (Å²) in [5.41, 5.74) is 6.55. The monoisotopic (exact) mass is 323 g/mol. The number of hydrogen-bond acceptors (Lipinski definition) is 4. The predicted molar refractivity (Wildman–Crippen MR) is 102 cm³/mol. The van der Waals surface area contributed by atoms with E-state index in [1.165, 1.54) is 5.56 Å². The number of anilines is 2. The molecule has 3 rings (SSSR count). The third-order valence-corrected chi connectivity index (χ3v) is 4.33. The van der Waals surface area contributed by atoms with Crippen LogP contribution in [-0.4, -0.2) is 20.1 Å². The van der Waals surface area contributed by atoms with E-state index in [1.54, 1.807) is 0 Å². The third-order valence-electron chi connectivity index (χ3n) is 4.33. The molecular weight excluding hydrogens is 298 g/mol. The maximum absolute atomic E-state index is 6.23. The van der Waals surface area contributed by atoms with E-state index in [9.17, 15) is 0 Å². The Morgan fingerprint density at radius 1 is 1.04 bits per heavy atom. The normalized spacial score (nSPS) is 12.1. The first-order valence-corrected chi connectivity index (χ1v) is 8.53. The minimum atomic E-state index is 0.766. The van der Waals surface area contributed by atoms with Crippen molar-refractivity contribution in [2.45, 2.75) is 27.7 Å². The van der Waals surface area contributed by atoms with Gasteiger partial charge < -0.3 is 15.1 Å². The van der Waals surface area contributed by atoms with Gasteiger partial charge in [-0.15, -0.1) is 0 Å². The van der Waals surface area contributed by atoms with Crippen molar-refractivity contribution in [1.29, 1.82) is 0 Å². The Morgan fingerprint density at radius 2 is 1.83 bits per heavy atom. The zero-order valence-corrected chi connectivity index (χ0v) is 15.1. The summed E-state index contributed by atoms with van der Waals surface area (Å²) in [5, 5.41) is 8.85. The van der Waals surface area contributed by atoms with Crippen LogP contribution in [0.5, 0.6) is 0 Å². The molecule has 1 aliphatic carbocycles. The van der Waals surface area contributed by atoms with E-state index >= 15 is 0 Å². The van der Waals surface area contributed by atoms with Crippen LogP contribution < -0.4 is 16.0 Å². The fourth-order valence-electron chi connectivity index (χ4n) is 3.18. The molecule has 0 amide bonds. The Labute approximate surface area is 143 Å². The highest BCUT2D eigenvalue weighted by molar-refractivity contribution is 6.00. The summed E-state index contributed by atoms with van der Waals surface area (Å²) < 4.78 is 6.23. The van der Waals surface area contributed by atoms with Gasteiger partial charge in [0.1, 0.15) is 11.3 Å². The molecule has 1 aliphatic heterocycles. The summed E-state index contributed by atoms with van der Waals surface area (Å²) in [5.74, 6) is 0.857. The molecule has 0 saturated carbocycles. The number of nitrogens with one attached hydrogen (secondary N) is 2. The van der Waals surface area contributed by atoms with Crippen LogP contribution in [0.25, 0.3) is 22.3 Å². The van der Waals surface area contributed by atoms with Crippen LogP contribution >= 0.6 is 0 Å². The van der Waals surface area contributed by atoms with Crippen LogP contribution in [0.15, 0.2) is 33.7 Å². The SMILES string of the molecule is CC/N=c1/cc2oc3cc(NCC)c(C)cc3c(NC)c-2cc1C. The number of rotatable bonds is 4. The van der Waals surface area contributed by atoms with Crippen molar-refractivity contribution in [2.75, 3.05) is 30.8 Å². The molecular formula is C20H25N3O. The second kappa shape index (κ2) is 6.56. The molecule has 2 N–H and O–H groups in total. The molecule has 4 heteroatoms. The Morgan fingerprint density at radius 3 is 2.50 bits per heavy atom. The Hall–Kier alpha value is -2.49. The van der Waals surface area contributed by atoms with E-state index in [0.29, 0.717) is 0 Å². The highest BCUT2D eigenvalue weighted by Gasteiger charge is 2.16. The van der Waals surface area contributed by atoms with Crippen LogP contribution in [0.1, 0.15) is 25.0 Å². The lowest BCUT2D eigenvalue weighted by molar-refractivity contribution is 0.618. The van der Waals surface area contributed by atoms with Gasteiger partial charge in [-0.25, -0.2) is 0 Å². The summed E-state index contributed by atoms with van der Waals surface area (Å²) in [7, 11) is 1.96. The summed E-state index contributed by atoms with van der Waals surface area (Å²) >= 11 is 0. The molecule has 0 unspecified atom stereocenters. The predicted octanol–water partition coefficient (Wildman–Crippen LogP) is 4.55. The topological polar surface area (TPSA) is 49.6 Å². The lowest BCUT2D eigenvalue weighted by Crippen LogP contribution is -2.09. The molecule has 0 fully saturated rings. The van der Waals surface area contributed by atoms with Gasteiger partial charge in [-0.3, -0.25) is 4.99 Å². The number of fused-ring (bicyclic) bond motifs is 2. The van der Waals surface area contributed by atoms with Crippen molar-refractivity contribution in [3.05, 3.63) is 40.7 Å².